The maximum Gasteiger partial charge on any atom is 0.228 e. The van der Waals surface area contributed by atoms with Gasteiger partial charge in [-0.1, -0.05) is 10.3 Å². The molecule has 2 aliphatic rings. The Morgan fingerprint density at radius 1 is 1.06 bits per heavy atom. The molecule has 0 bridgehead atoms. The van der Waals surface area contributed by atoms with Crippen molar-refractivity contribution in [3.8, 4) is 5.75 Å². The molecule has 3 heterocycles. The van der Waals surface area contributed by atoms with E-state index in [4.69, 9.17) is 14.1 Å². The second kappa shape index (κ2) is 10.3. The van der Waals surface area contributed by atoms with E-state index in [0.29, 0.717) is 23.7 Å². The standard InChI is InChI=1S/C23H29FN4O5/c1-17-20(26-33-25-17)13-21(29)28-11-12-32-23(15-28,14-22(30)27-9-3-2-4-10-27)16-31-19-7-5-18(24)6-8-19/h5-8H,2-4,9-16H2,1H3. The molecule has 1 atom stereocenters. The fraction of sp³-hybridized carbons (Fsp3) is 0.565. The molecule has 0 saturated carbocycles. The van der Waals surface area contributed by atoms with Crippen LogP contribution in [-0.4, -0.2) is 76.9 Å². The molecule has 10 heteroatoms. The molecule has 1 unspecified atom stereocenters. The number of halogens is 1. The third-order valence-electron chi connectivity index (χ3n) is 6.16. The van der Waals surface area contributed by atoms with E-state index >= 15 is 0 Å². The average Bonchev–Trinajstić information content (AvgIpc) is 3.23. The van der Waals surface area contributed by atoms with Gasteiger partial charge in [-0.3, -0.25) is 9.59 Å². The van der Waals surface area contributed by atoms with Crippen molar-refractivity contribution in [2.75, 3.05) is 39.4 Å². The number of aromatic nitrogens is 2. The van der Waals surface area contributed by atoms with Crippen LogP contribution in [0.3, 0.4) is 0 Å². The molecular weight excluding hydrogens is 431 g/mol. The van der Waals surface area contributed by atoms with Crippen LogP contribution in [0.25, 0.3) is 0 Å². The molecule has 2 aromatic rings. The third kappa shape index (κ3) is 5.87. The van der Waals surface area contributed by atoms with Gasteiger partial charge in [-0.05, 0) is 50.5 Å². The number of aryl methyl sites for hydroxylation is 1. The molecule has 0 N–H and O–H groups in total. The predicted octanol–water partition coefficient (Wildman–Crippen LogP) is 2.14. The van der Waals surface area contributed by atoms with Gasteiger partial charge >= 0.3 is 0 Å². The smallest absolute Gasteiger partial charge is 0.228 e. The molecule has 0 aliphatic carbocycles. The van der Waals surface area contributed by atoms with Gasteiger partial charge in [-0.2, -0.15) is 0 Å². The lowest BCUT2D eigenvalue weighted by Crippen LogP contribution is -2.58. The predicted molar refractivity (Wildman–Crippen MR) is 115 cm³/mol. The normalized spacial score (nSPS) is 21.2. The molecule has 0 spiro atoms. The van der Waals surface area contributed by atoms with Crippen LogP contribution in [0.5, 0.6) is 5.75 Å². The number of nitrogens with zero attached hydrogens (tertiary/aromatic N) is 4. The van der Waals surface area contributed by atoms with Gasteiger partial charge in [-0.25, -0.2) is 9.02 Å². The maximum atomic E-state index is 13.3. The lowest BCUT2D eigenvalue weighted by atomic mass is 9.95. The Morgan fingerprint density at radius 3 is 2.52 bits per heavy atom. The van der Waals surface area contributed by atoms with Crippen LogP contribution in [0.4, 0.5) is 4.39 Å². The molecule has 2 saturated heterocycles. The highest BCUT2D eigenvalue weighted by Crippen LogP contribution is 2.27. The second-order valence-electron chi connectivity index (χ2n) is 8.68. The minimum Gasteiger partial charge on any atom is -0.490 e. The summed E-state index contributed by atoms with van der Waals surface area (Å²) < 4.78 is 30.0. The zero-order chi connectivity index (χ0) is 23.3. The number of amides is 2. The number of carbonyl (C=O) groups is 2. The highest BCUT2D eigenvalue weighted by molar-refractivity contribution is 5.80. The zero-order valence-corrected chi connectivity index (χ0v) is 18.8. The minimum atomic E-state index is -1.01. The number of rotatable bonds is 7. The van der Waals surface area contributed by atoms with Crippen molar-refractivity contribution < 1.29 is 28.1 Å². The first-order chi connectivity index (χ1) is 15.9. The number of piperidine rings is 1. The van der Waals surface area contributed by atoms with Gasteiger partial charge in [-0.15, -0.1) is 0 Å². The van der Waals surface area contributed by atoms with Crippen LogP contribution >= 0.6 is 0 Å². The van der Waals surface area contributed by atoms with Crippen LogP contribution < -0.4 is 4.74 Å². The van der Waals surface area contributed by atoms with E-state index in [1.807, 2.05) is 4.90 Å². The first-order valence-corrected chi connectivity index (χ1v) is 11.3. The second-order valence-corrected chi connectivity index (χ2v) is 8.68. The lowest BCUT2D eigenvalue weighted by Gasteiger charge is -2.43. The van der Waals surface area contributed by atoms with Crippen molar-refractivity contribution in [2.24, 2.45) is 0 Å². The average molecular weight is 461 g/mol. The molecule has 0 radical (unpaired) electrons. The first kappa shape index (κ1) is 23.2. The monoisotopic (exact) mass is 460 g/mol. The van der Waals surface area contributed by atoms with Crippen molar-refractivity contribution in [3.63, 3.8) is 0 Å². The van der Waals surface area contributed by atoms with E-state index in [0.717, 1.165) is 32.4 Å². The van der Waals surface area contributed by atoms with E-state index in [9.17, 15) is 14.0 Å². The zero-order valence-electron chi connectivity index (χ0n) is 18.8. The van der Waals surface area contributed by atoms with Crippen LogP contribution in [0, 0.1) is 12.7 Å². The molecule has 33 heavy (non-hydrogen) atoms. The summed E-state index contributed by atoms with van der Waals surface area (Å²) in [6.45, 7) is 4.14. The van der Waals surface area contributed by atoms with Crippen molar-refractivity contribution >= 4 is 11.8 Å². The first-order valence-electron chi connectivity index (χ1n) is 11.3. The maximum absolute atomic E-state index is 13.3. The summed E-state index contributed by atoms with van der Waals surface area (Å²) in [7, 11) is 0. The van der Waals surface area contributed by atoms with Gasteiger partial charge in [0, 0.05) is 19.6 Å². The van der Waals surface area contributed by atoms with Crippen molar-refractivity contribution in [3.05, 3.63) is 41.5 Å². The highest BCUT2D eigenvalue weighted by atomic mass is 19.1. The van der Waals surface area contributed by atoms with Gasteiger partial charge in [0.2, 0.25) is 11.8 Å². The number of likely N-dealkylation sites (tertiary alicyclic amines) is 1. The fourth-order valence-corrected chi connectivity index (χ4v) is 4.24. The molecule has 1 aromatic carbocycles. The van der Waals surface area contributed by atoms with Crippen molar-refractivity contribution in [1.29, 1.82) is 0 Å². The van der Waals surface area contributed by atoms with Gasteiger partial charge in [0.25, 0.3) is 0 Å². The number of hydrogen-bond donors (Lipinski definition) is 0. The number of morpholine rings is 1. The number of carbonyl (C=O) groups excluding carboxylic acids is 2. The Hall–Kier alpha value is -3.01. The Morgan fingerprint density at radius 2 is 1.82 bits per heavy atom. The Kier molecular flexibility index (Phi) is 7.22. The van der Waals surface area contributed by atoms with Crippen molar-refractivity contribution in [2.45, 2.75) is 44.6 Å². The molecule has 2 aliphatic heterocycles. The van der Waals surface area contributed by atoms with E-state index < -0.39 is 5.60 Å². The fourth-order valence-electron chi connectivity index (χ4n) is 4.24. The Bertz CT molecular complexity index is 960. The molecule has 178 valence electrons. The molecular formula is C23H29FN4O5. The third-order valence-corrected chi connectivity index (χ3v) is 6.16. The summed E-state index contributed by atoms with van der Waals surface area (Å²) in [5, 5.41) is 7.52. The van der Waals surface area contributed by atoms with Crippen LogP contribution in [0.1, 0.15) is 37.1 Å². The SMILES string of the molecule is Cc1nonc1CC(=O)N1CCOC(COc2ccc(F)cc2)(CC(=O)N2CCCCC2)C1. The Labute approximate surface area is 191 Å². The van der Waals surface area contributed by atoms with E-state index in [1.54, 1.807) is 11.8 Å². The molecule has 9 nitrogen and oxygen atoms in total. The number of hydrogen-bond acceptors (Lipinski definition) is 7. The van der Waals surface area contributed by atoms with Gasteiger partial charge in [0.1, 0.15) is 35.2 Å². The summed E-state index contributed by atoms with van der Waals surface area (Å²) in [6.07, 6.45) is 3.26. The molecule has 1 aromatic heterocycles. The quantitative estimate of drug-likeness (QED) is 0.624. The minimum absolute atomic E-state index is 0.0109. The van der Waals surface area contributed by atoms with Crippen LogP contribution in [0.2, 0.25) is 0 Å². The van der Waals surface area contributed by atoms with Crippen LogP contribution in [0.15, 0.2) is 28.9 Å². The van der Waals surface area contributed by atoms with Crippen molar-refractivity contribution in [1.82, 2.24) is 20.1 Å². The van der Waals surface area contributed by atoms with E-state index in [1.165, 1.54) is 24.3 Å². The van der Waals surface area contributed by atoms with E-state index in [2.05, 4.69) is 10.3 Å². The lowest BCUT2D eigenvalue weighted by molar-refractivity contribution is -0.166. The number of ether oxygens (including phenoxy) is 2. The van der Waals surface area contributed by atoms with E-state index in [-0.39, 0.29) is 50.2 Å². The summed E-state index contributed by atoms with van der Waals surface area (Å²) >= 11 is 0. The number of benzene rings is 1. The van der Waals surface area contributed by atoms with Crippen LogP contribution in [-0.2, 0) is 20.7 Å². The highest BCUT2D eigenvalue weighted by Gasteiger charge is 2.42. The largest absolute Gasteiger partial charge is 0.490 e. The summed E-state index contributed by atoms with van der Waals surface area (Å²) in [4.78, 5) is 29.6. The molecule has 4 rings (SSSR count). The molecule has 2 fully saturated rings. The molecule has 2 amide bonds. The summed E-state index contributed by atoms with van der Waals surface area (Å²) in [5.74, 6) is -0.0462. The summed E-state index contributed by atoms with van der Waals surface area (Å²) in [6, 6.07) is 5.68. The topological polar surface area (TPSA) is 98.0 Å². The van der Waals surface area contributed by atoms with Gasteiger partial charge < -0.3 is 19.3 Å². The summed E-state index contributed by atoms with van der Waals surface area (Å²) in [5.41, 5.74) is 0.0559. The van der Waals surface area contributed by atoms with Gasteiger partial charge in [0.15, 0.2) is 0 Å². The van der Waals surface area contributed by atoms with Gasteiger partial charge in [0.05, 0.1) is 26.0 Å². The Balaban J connectivity index is 1.48.